The minimum Gasteiger partial charge on any atom is -0.481 e. The molecular weight excluding hydrogens is 336 g/mol. The summed E-state index contributed by atoms with van der Waals surface area (Å²) >= 11 is 0. The van der Waals surface area contributed by atoms with E-state index < -0.39 is 23.9 Å². The zero-order valence-electron chi connectivity index (χ0n) is 14.4. The Hall–Kier alpha value is -2.68. The highest BCUT2D eigenvalue weighted by molar-refractivity contribution is 5.87. The molecule has 0 radical (unpaired) electrons. The molecule has 0 spiro atoms. The van der Waals surface area contributed by atoms with Gasteiger partial charge < -0.3 is 24.4 Å². The fourth-order valence-corrected chi connectivity index (χ4v) is 0.956. The predicted molar refractivity (Wildman–Crippen MR) is 86.5 cm³/mol. The molecule has 9 nitrogen and oxygen atoms in total. The van der Waals surface area contributed by atoms with Gasteiger partial charge in [-0.2, -0.15) is 0 Å². The molecule has 0 rings (SSSR count). The van der Waals surface area contributed by atoms with Gasteiger partial charge in [-0.15, -0.1) is 0 Å². The highest BCUT2D eigenvalue weighted by Gasteiger charge is 2.07. The van der Waals surface area contributed by atoms with Crippen LogP contribution in [0.5, 0.6) is 0 Å². The molecule has 0 fully saturated rings. The molecule has 2 N–H and O–H groups in total. The quantitative estimate of drug-likeness (QED) is 0.248. The molecule has 0 saturated heterocycles. The third-order valence-corrected chi connectivity index (χ3v) is 2.14. The van der Waals surface area contributed by atoms with Crippen molar-refractivity contribution in [3.63, 3.8) is 0 Å². The first-order valence-electron chi connectivity index (χ1n) is 7.25. The molecule has 0 aliphatic rings. The molecule has 0 unspecified atom stereocenters. The molecule has 142 valence electrons. The molecule has 0 aromatic heterocycles. The summed E-state index contributed by atoms with van der Waals surface area (Å²) in [5.41, 5.74) is 0.612. The second-order valence-corrected chi connectivity index (χ2v) is 4.67. The van der Waals surface area contributed by atoms with Gasteiger partial charge in [0.15, 0.2) is 0 Å². The lowest BCUT2D eigenvalue weighted by Gasteiger charge is -2.05. The second kappa shape index (κ2) is 14.9. The van der Waals surface area contributed by atoms with Gasteiger partial charge in [-0.05, 0) is 13.8 Å². The minimum absolute atomic E-state index is 0.0473. The van der Waals surface area contributed by atoms with Crippen LogP contribution in [0.2, 0.25) is 0 Å². The third-order valence-electron chi connectivity index (χ3n) is 2.14. The second-order valence-electron chi connectivity index (χ2n) is 4.67. The zero-order chi connectivity index (χ0) is 19.8. The van der Waals surface area contributed by atoms with Gasteiger partial charge in [0.1, 0.15) is 19.8 Å². The van der Waals surface area contributed by atoms with E-state index in [1.807, 2.05) is 0 Å². The number of hydrogen-bond acceptors (Lipinski definition) is 8. The zero-order valence-corrected chi connectivity index (χ0v) is 14.4. The molecule has 0 amide bonds. The van der Waals surface area contributed by atoms with Crippen molar-refractivity contribution in [2.45, 2.75) is 26.7 Å². The smallest absolute Gasteiger partial charge is 0.333 e. The minimum atomic E-state index is -1.06. The first-order chi connectivity index (χ1) is 11.6. The van der Waals surface area contributed by atoms with Crippen LogP contribution >= 0.6 is 0 Å². The van der Waals surface area contributed by atoms with Crippen LogP contribution in [-0.2, 0) is 33.4 Å². The number of ether oxygens (including phenoxy) is 3. The largest absolute Gasteiger partial charge is 0.481 e. The maximum absolute atomic E-state index is 10.9. The highest BCUT2D eigenvalue weighted by Crippen LogP contribution is 1.95. The van der Waals surface area contributed by atoms with E-state index in [0.717, 1.165) is 0 Å². The average molecular weight is 360 g/mol. The maximum Gasteiger partial charge on any atom is 0.333 e. The number of esters is 3. The van der Waals surface area contributed by atoms with Gasteiger partial charge >= 0.3 is 23.9 Å². The van der Waals surface area contributed by atoms with Crippen molar-refractivity contribution in [3.8, 4) is 0 Å². The Labute approximate surface area is 145 Å². The molecule has 0 bridgehead atoms. The van der Waals surface area contributed by atoms with E-state index in [1.165, 1.54) is 6.92 Å². The van der Waals surface area contributed by atoms with Gasteiger partial charge in [0.05, 0.1) is 19.4 Å². The Morgan fingerprint density at radius 1 is 0.800 bits per heavy atom. The van der Waals surface area contributed by atoms with Gasteiger partial charge in [0.2, 0.25) is 0 Å². The van der Waals surface area contributed by atoms with E-state index in [9.17, 15) is 19.2 Å². The molecule has 0 aromatic carbocycles. The summed E-state index contributed by atoms with van der Waals surface area (Å²) < 4.78 is 13.7. The monoisotopic (exact) mass is 360 g/mol. The Kier molecular flexibility index (Phi) is 14.6. The number of carboxylic acid groups (broad SMARTS) is 1. The summed E-state index contributed by atoms with van der Waals surface area (Å²) in [4.78, 5) is 42.3. The van der Waals surface area contributed by atoms with Crippen molar-refractivity contribution >= 4 is 23.9 Å². The molecule has 25 heavy (non-hydrogen) atoms. The molecule has 0 aliphatic heterocycles. The SMILES string of the molecule is C=C(C)C(=O)OCCO.C=C(C)C(=O)OCCOC(=O)CCC(=O)O. The van der Waals surface area contributed by atoms with Gasteiger partial charge in [-0.25, -0.2) is 9.59 Å². The number of carbonyl (C=O) groups excluding carboxylic acids is 3. The number of aliphatic hydroxyl groups excluding tert-OH is 1. The van der Waals surface area contributed by atoms with E-state index in [4.69, 9.17) is 10.2 Å². The summed E-state index contributed by atoms with van der Waals surface area (Å²) in [6.45, 7) is 9.54. The average Bonchev–Trinajstić information content (AvgIpc) is 2.54. The molecule has 0 aliphatic carbocycles. The Balaban J connectivity index is 0. The molecule has 0 aromatic rings. The number of hydrogen-bond donors (Lipinski definition) is 2. The molecule has 0 atom stereocenters. The number of aliphatic carboxylic acids is 1. The van der Waals surface area contributed by atoms with Crippen molar-refractivity contribution in [1.82, 2.24) is 0 Å². The lowest BCUT2D eigenvalue weighted by Crippen LogP contribution is -2.14. The van der Waals surface area contributed by atoms with E-state index in [2.05, 4.69) is 27.4 Å². The van der Waals surface area contributed by atoms with Crippen LogP contribution in [0.4, 0.5) is 0 Å². The fraction of sp³-hybridized carbons (Fsp3) is 0.500. The predicted octanol–water partition coefficient (Wildman–Crippen LogP) is 0.612. The summed E-state index contributed by atoms with van der Waals surface area (Å²) in [5.74, 6) is -2.70. The van der Waals surface area contributed by atoms with Crippen molar-refractivity contribution in [2.75, 3.05) is 26.4 Å². The topological polar surface area (TPSA) is 136 Å². The molecule has 0 heterocycles. The van der Waals surface area contributed by atoms with Crippen LogP contribution < -0.4 is 0 Å². The first kappa shape index (κ1) is 24.6. The van der Waals surface area contributed by atoms with Gasteiger partial charge in [0, 0.05) is 11.1 Å². The number of aliphatic hydroxyl groups is 1. The van der Waals surface area contributed by atoms with E-state index in [0.29, 0.717) is 5.57 Å². The normalized spacial score (nSPS) is 9.08. The van der Waals surface area contributed by atoms with Crippen LogP contribution in [0.25, 0.3) is 0 Å². The van der Waals surface area contributed by atoms with Crippen LogP contribution in [0.15, 0.2) is 24.3 Å². The summed E-state index contributed by atoms with van der Waals surface area (Å²) in [6.07, 6.45) is -0.464. The van der Waals surface area contributed by atoms with Gasteiger partial charge in [-0.1, -0.05) is 13.2 Å². The van der Waals surface area contributed by atoms with E-state index >= 15 is 0 Å². The highest BCUT2D eigenvalue weighted by atomic mass is 16.6. The van der Waals surface area contributed by atoms with Crippen LogP contribution in [-0.4, -0.2) is 60.5 Å². The van der Waals surface area contributed by atoms with Crippen LogP contribution in [0, 0.1) is 0 Å². The molecule has 0 saturated carbocycles. The maximum atomic E-state index is 10.9. The standard InChI is InChI=1S/C10H14O6.C6H10O3/c1-7(2)10(14)16-6-5-15-9(13)4-3-8(11)12;1-5(2)6(8)9-4-3-7/h1,3-6H2,2H3,(H,11,12);7H,1,3-4H2,2H3. The summed E-state index contributed by atoms with van der Waals surface area (Å²) in [5, 5.41) is 16.5. The summed E-state index contributed by atoms with van der Waals surface area (Å²) in [7, 11) is 0. The first-order valence-corrected chi connectivity index (χ1v) is 7.25. The van der Waals surface area contributed by atoms with E-state index in [1.54, 1.807) is 6.92 Å². The van der Waals surface area contributed by atoms with Crippen molar-refractivity contribution in [2.24, 2.45) is 0 Å². The Morgan fingerprint density at radius 2 is 1.24 bits per heavy atom. The molecular formula is C16H24O9. The Morgan fingerprint density at radius 3 is 1.64 bits per heavy atom. The summed E-state index contributed by atoms with van der Waals surface area (Å²) in [6, 6.07) is 0. The van der Waals surface area contributed by atoms with Crippen LogP contribution in [0.1, 0.15) is 26.7 Å². The van der Waals surface area contributed by atoms with Gasteiger partial charge in [0.25, 0.3) is 0 Å². The number of carboxylic acids is 1. The van der Waals surface area contributed by atoms with Gasteiger partial charge in [-0.3, -0.25) is 9.59 Å². The fourth-order valence-electron chi connectivity index (χ4n) is 0.956. The Bertz CT molecular complexity index is 494. The van der Waals surface area contributed by atoms with Crippen molar-refractivity contribution in [1.29, 1.82) is 0 Å². The third kappa shape index (κ3) is 17.5. The lowest BCUT2D eigenvalue weighted by atomic mass is 10.3. The number of rotatable bonds is 10. The van der Waals surface area contributed by atoms with Crippen molar-refractivity contribution in [3.05, 3.63) is 24.3 Å². The van der Waals surface area contributed by atoms with Crippen LogP contribution in [0.3, 0.4) is 0 Å². The number of carbonyl (C=O) groups is 4. The molecule has 9 heteroatoms. The van der Waals surface area contributed by atoms with Crippen molar-refractivity contribution < 1.29 is 43.6 Å². The van der Waals surface area contributed by atoms with E-state index in [-0.39, 0.29) is 44.8 Å². The lowest BCUT2D eigenvalue weighted by molar-refractivity contribution is -0.151.